The Morgan fingerprint density at radius 1 is 0.831 bits per heavy atom. The number of rotatable bonds is 20. The lowest BCUT2D eigenvalue weighted by atomic mass is 9.94. The first kappa shape index (κ1) is 44.7. The maximum absolute atomic E-state index is 14.3. The van der Waals surface area contributed by atoms with Gasteiger partial charge in [-0.3, -0.25) is 28.7 Å². The molecular weight excluding hydrogens is 831 g/mol. The maximum Gasteiger partial charge on any atom is 0.251 e. The first-order chi connectivity index (χ1) is 28.2. The number of carbonyl (C=O) groups is 3. The number of hydrogen-bond acceptors (Lipinski definition) is 9. The van der Waals surface area contributed by atoms with Crippen LogP contribution in [0.15, 0.2) is 120 Å². The van der Waals surface area contributed by atoms with E-state index in [2.05, 4.69) is 48.8 Å². The molecule has 5 aromatic rings. The molecule has 0 aliphatic carbocycles. The number of nitrogens with one attached hydrogen (secondary N) is 3. The minimum absolute atomic E-state index is 0.0389. The molecule has 0 saturated carbocycles. The zero-order chi connectivity index (χ0) is 42.5. The van der Waals surface area contributed by atoms with Gasteiger partial charge in [0.2, 0.25) is 10.0 Å². The molecule has 2 amide bonds. The fourth-order valence-electron chi connectivity index (χ4n) is 6.61. The van der Waals surface area contributed by atoms with Gasteiger partial charge in [-0.2, -0.15) is 0 Å². The van der Waals surface area contributed by atoms with Gasteiger partial charge in [0.1, 0.15) is 5.78 Å². The number of aromatic nitrogens is 2. The number of ketones is 1. The lowest BCUT2D eigenvalue weighted by Gasteiger charge is -2.25. The van der Waals surface area contributed by atoms with Gasteiger partial charge in [-0.25, -0.2) is 8.42 Å². The highest BCUT2D eigenvalue weighted by Gasteiger charge is 2.25. The third-order valence-electron chi connectivity index (χ3n) is 10.1. The Kier molecular flexibility index (Phi) is 15.9. The zero-order valence-corrected chi connectivity index (χ0v) is 36.2. The SMILES string of the molecule is CC(NC(=O)c1cc(C(=O)N[C@H](CN[C@@H](C)C(=O)CCC[C@H](C)c2ccc(N)cc2)Cc2ccccn2)cc(N(Cc2ccc(Br)cc2)S(C)(=O)=O)c1)c1cccnc1. The Labute approximate surface area is 355 Å². The summed E-state index contributed by atoms with van der Waals surface area (Å²) < 4.78 is 28.7. The number of nitrogens with zero attached hydrogens (tertiary/aromatic N) is 3. The molecule has 14 heteroatoms. The van der Waals surface area contributed by atoms with E-state index >= 15 is 0 Å². The summed E-state index contributed by atoms with van der Waals surface area (Å²) in [5, 5.41) is 9.34. The second kappa shape index (κ2) is 21.0. The number of pyridine rings is 2. The second-order valence-electron chi connectivity index (χ2n) is 14.9. The molecule has 0 aliphatic heterocycles. The highest BCUT2D eigenvalue weighted by Crippen LogP contribution is 2.26. The van der Waals surface area contributed by atoms with Gasteiger partial charge in [0.05, 0.1) is 30.6 Å². The summed E-state index contributed by atoms with van der Waals surface area (Å²) in [5.74, 6) is -0.689. The quantitative estimate of drug-likeness (QED) is 0.0592. The molecule has 12 nitrogen and oxygen atoms in total. The van der Waals surface area contributed by atoms with Crippen molar-refractivity contribution in [1.29, 1.82) is 0 Å². The van der Waals surface area contributed by atoms with Crippen molar-refractivity contribution in [3.8, 4) is 0 Å². The summed E-state index contributed by atoms with van der Waals surface area (Å²) in [6.07, 6.45) is 8.36. The van der Waals surface area contributed by atoms with E-state index in [1.54, 1.807) is 42.9 Å². The van der Waals surface area contributed by atoms with E-state index in [9.17, 15) is 22.8 Å². The number of halogens is 1. The fraction of sp³-hybridized carbons (Fsp3) is 0.311. The number of Topliss-reactive ketones (excluding diaryl/α,β-unsaturated/α-hetero) is 1. The smallest absolute Gasteiger partial charge is 0.251 e. The van der Waals surface area contributed by atoms with Crippen molar-refractivity contribution in [2.75, 3.05) is 22.8 Å². The number of anilines is 2. The van der Waals surface area contributed by atoms with Crippen molar-refractivity contribution in [3.63, 3.8) is 0 Å². The van der Waals surface area contributed by atoms with Gasteiger partial charge >= 0.3 is 0 Å². The predicted molar refractivity (Wildman–Crippen MR) is 237 cm³/mol. The number of benzene rings is 3. The Morgan fingerprint density at radius 3 is 2.15 bits per heavy atom. The van der Waals surface area contributed by atoms with Crippen molar-refractivity contribution in [2.45, 2.75) is 77.0 Å². The maximum atomic E-state index is 14.3. The lowest BCUT2D eigenvalue weighted by molar-refractivity contribution is -0.120. The summed E-state index contributed by atoms with van der Waals surface area (Å²) in [4.78, 5) is 49.9. The van der Waals surface area contributed by atoms with Crippen LogP contribution in [0.2, 0.25) is 0 Å². The molecule has 2 aromatic heterocycles. The summed E-state index contributed by atoms with van der Waals surface area (Å²) in [5.41, 5.74) is 10.3. The van der Waals surface area contributed by atoms with Gasteiger partial charge < -0.3 is 21.7 Å². The average molecular weight is 883 g/mol. The van der Waals surface area contributed by atoms with Crippen molar-refractivity contribution in [3.05, 3.63) is 154 Å². The number of sulfonamides is 1. The largest absolute Gasteiger partial charge is 0.399 e. The number of amides is 2. The van der Waals surface area contributed by atoms with Crippen molar-refractivity contribution in [1.82, 2.24) is 25.9 Å². The minimum Gasteiger partial charge on any atom is -0.399 e. The van der Waals surface area contributed by atoms with E-state index < -0.39 is 40.0 Å². The van der Waals surface area contributed by atoms with E-state index in [1.165, 1.54) is 28.1 Å². The van der Waals surface area contributed by atoms with Crippen LogP contribution >= 0.6 is 15.9 Å². The minimum atomic E-state index is -3.90. The first-order valence-electron chi connectivity index (χ1n) is 19.6. The zero-order valence-electron chi connectivity index (χ0n) is 33.8. The number of nitrogen functional groups attached to an aromatic ring is 1. The third-order valence-corrected chi connectivity index (χ3v) is 11.8. The molecule has 3 aromatic carbocycles. The van der Waals surface area contributed by atoms with Crippen molar-refractivity contribution in [2.24, 2.45) is 0 Å². The number of hydrogen-bond donors (Lipinski definition) is 4. The van der Waals surface area contributed by atoms with Crippen LogP contribution in [-0.4, -0.2) is 60.9 Å². The highest BCUT2D eigenvalue weighted by molar-refractivity contribution is 9.10. The molecule has 2 heterocycles. The van der Waals surface area contributed by atoms with Crippen LogP contribution in [-0.2, 0) is 27.8 Å². The molecule has 59 heavy (non-hydrogen) atoms. The molecule has 0 fully saturated rings. The topological polar surface area (TPSA) is 176 Å². The average Bonchev–Trinajstić information content (AvgIpc) is 3.22. The third kappa shape index (κ3) is 13.6. The molecule has 0 bridgehead atoms. The Hall–Kier alpha value is -5.44. The number of nitrogens with two attached hydrogens (primary N) is 1. The molecule has 0 saturated heterocycles. The van der Waals surface area contributed by atoms with Crippen LogP contribution in [0.5, 0.6) is 0 Å². The molecule has 5 rings (SSSR count). The van der Waals surface area contributed by atoms with Crippen molar-refractivity contribution < 1.29 is 22.8 Å². The van der Waals surface area contributed by atoms with Gasteiger partial charge in [0.25, 0.3) is 11.8 Å². The van der Waals surface area contributed by atoms with E-state index in [1.807, 2.05) is 68.4 Å². The van der Waals surface area contributed by atoms with Gasteiger partial charge in [-0.1, -0.05) is 59.3 Å². The summed E-state index contributed by atoms with van der Waals surface area (Å²) in [6, 6.07) is 27.1. The van der Waals surface area contributed by atoms with Crippen molar-refractivity contribution >= 4 is 54.9 Å². The van der Waals surface area contributed by atoms with E-state index in [0.717, 1.165) is 34.8 Å². The van der Waals surface area contributed by atoms with Crippen LogP contribution < -0.4 is 26.0 Å². The summed E-state index contributed by atoms with van der Waals surface area (Å²) in [6.45, 7) is 5.97. The Balaban J connectivity index is 1.37. The van der Waals surface area contributed by atoms with Gasteiger partial charge in [0, 0.05) is 71.0 Å². The molecule has 310 valence electrons. The predicted octanol–water partition coefficient (Wildman–Crippen LogP) is 7.14. The molecule has 0 spiro atoms. The molecule has 0 aliphatic rings. The van der Waals surface area contributed by atoms with E-state index in [-0.39, 0.29) is 41.6 Å². The molecule has 5 N–H and O–H groups in total. The molecule has 4 atom stereocenters. The van der Waals surface area contributed by atoms with Crippen LogP contribution in [0.4, 0.5) is 11.4 Å². The lowest BCUT2D eigenvalue weighted by Crippen LogP contribution is -2.47. The number of carbonyl (C=O) groups excluding carboxylic acids is 3. The first-order valence-corrected chi connectivity index (χ1v) is 22.2. The monoisotopic (exact) mass is 881 g/mol. The van der Waals surface area contributed by atoms with Gasteiger partial charge in [0.15, 0.2) is 0 Å². The van der Waals surface area contributed by atoms with Crippen LogP contribution in [0.25, 0.3) is 0 Å². The van der Waals surface area contributed by atoms with E-state index in [0.29, 0.717) is 24.1 Å². The summed E-state index contributed by atoms with van der Waals surface area (Å²) >= 11 is 3.42. The Morgan fingerprint density at radius 2 is 1.53 bits per heavy atom. The molecular formula is C45H52BrN7O5S. The second-order valence-corrected chi connectivity index (χ2v) is 17.7. The highest BCUT2D eigenvalue weighted by atomic mass is 79.9. The fourth-order valence-corrected chi connectivity index (χ4v) is 7.74. The van der Waals surface area contributed by atoms with Gasteiger partial charge in [-0.15, -0.1) is 0 Å². The van der Waals surface area contributed by atoms with Crippen LogP contribution in [0.3, 0.4) is 0 Å². The molecule has 1 unspecified atom stereocenters. The standard InChI is InChI=1S/C45H52BrN7O5S/c1-30(34-15-19-39(47)20-16-34)9-7-12-43(54)32(3)50-28-41(26-40-11-5-6-22-49-40)52-45(56)37-23-36(44(55)51-31(2)35-10-8-21-48-27-35)24-42(25-37)53(59(4,57)58)29-33-13-17-38(46)18-14-33/h5-6,8,10-11,13-25,27,30-32,41,50H,7,9,12,26,28-29,47H2,1-4H3,(H,51,55)(H,52,56)/t30-,31?,32-,41-/m0/s1. The summed E-state index contributed by atoms with van der Waals surface area (Å²) in [7, 11) is -3.90. The normalized spacial score (nSPS) is 13.4. The molecule has 0 radical (unpaired) electrons. The van der Waals surface area contributed by atoms with Crippen LogP contribution in [0, 0.1) is 0 Å². The van der Waals surface area contributed by atoms with E-state index in [4.69, 9.17) is 5.73 Å². The Bertz CT molecular complexity index is 2280. The van der Waals surface area contributed by atoms with Gasteiger partial charge in [-0.05, 0) is 110 Å². The van der Waals surface area contributed by atoms with Crippen LogP contribution in [0.1, 0.15) is 95.1 Å².